The smallest absolute Gasteiger partial charge is 0.221 e. The predicted octanol–water partition coefficient (Wildman–Crippen LogP) is 2.23. The topological polar surface area (TPSA) is 50.2 Å². The molecule has 1 aromatic heterocycles. The molecule has 1 amide bonds. The van der Waals surface area contributed by atoms with Gasteiger partial charge in [0, 0.05) is 31.9 Å². The molecular weight excluding hydrogens is 288 g/mol. The van der Waals surface area contributed by atoms with E-state index in [4.69, 9.17) is 0 Å². The molecule has 1 aliphatic heterocycles. The van der Waals surface area contributed by atoms with Gasteiger partial charge in [0.2, 0.25) is 5.91 Å². The summed E-state index contributed by atoms with van der Waals surface area (Å²) in [6.45, 7) is 3.52. The fourth-order valence-electron chi connectivity index (χ4n) is 3.13. The van der Waals surface area contributed by atoms with E-state index in [1.807, 2.05) is 18.3 Å². The Labute approximate surface area is 137 Å². The van der Waals surface area contributed by atoms with Crippen molar-refractivity contribution >= 4 is 5.91 Å². The number of nitrogens with zero attached hydrogens (tertiary/aromatic N) is 3. The van der Waals surface area contributed by atoms with Gasteiger partial charge in [0.05, 0.1) is 6.04 Å². The van der Waals surface area contributed by atoms with Crippen LogP contribution in [0.1, 0.15) is 30.9 Å². The number of carbonyl (C=O) groups is 1. The fraction of sp³-hybridized carbons (Fsp3) is 0.444. The standard InChI is InChI=1S/C18H24N4O/c23-18(9-14-22-13-6-10-20-22)19-15-17(21-11-4-5-12-21)16-7-2-1-3-8-16/h1-3,6-8,10,13,17H,4-5,9,11-12,14-15H2,(H,19,23). The Morgan fingerprint density at radius 1 is 1.17 bits per heavy atom. The van der Waals surface area contributed by atoms with E-state index in [1.165, 1.54) is 18.4 Å². The summed E-state index contributed by atoms with van der Waals surface area (Å²) in [5.74, 6) is 0.0839. The van der Waals surface area contributed by atoms with E-state index in [9.17, 15) is 4.79 Å². The van der Waals surface area contributed by atoms with Crippen molar-refractivity contribution in [1.29, 1.82) is 0 Å². The van der Waals surface area contributed by atoms with Crippen molar-refractivity contribution in [3.8, 4) is 0 Å². The molecule has 5 nitrogen and oxygen atoms in total. The third-order valence-electron chi connectivity index (χ3n) is 4.39. The maximum atomic E-state index is 12.1. The number of hydrogen-bond donors (Lipinski definition) is 1. The maximum Gasteiger partial charge on any atom is 0.221 e. The zero-order valence-corrected chi connectivity index (χ0v) is 13.4. The fourth-order valence-corrected chi connectivity index (χ4v) is 3.13. The summed E-state index contributed by atoms with van der Waals surface area (Å²) in [5.41, 5.74) is 1.28. The quantitative estimate of drug-likeness (QED) is 0.853. The van der Waals surface area contributed by atoms with Gasteiger partial charge in [-0.2, -0.15) is 5.10 Å². The second-order valence-corrected chi connectivity index (χ2v) is 5.99. The van der Waals surface area contributed by atoms with Gasteiger partial charge in [0.25, 0.3) is 0 Å². The Kier molecular flexibility index (Phi) is 5.42. The summed E-state index contributed by atoms with van der Waals surface area (Å²) < 4.78 is 1.79. The van der Waals surface area contributed by atoms with Crippen molar-refractivity contribution in [2.24, 2.45) is 0 Å². The summed E-state index contributed by atoms with van der Waals surface area (Å²) in [6, 6.07) is 12.6. The molecule has 23 heavy (non-hydrogen) atoms. The first-order valence-electron chi connectivity index (χ1n) is 8.36. The van der Waals surface area contributed by atoms with Crippen LogP contribution in [0.25, 0.3) is 0 Å². The number of carbonyl (C=O) groups excluding carboxylic acids is 1. The third kappa shape index (κ3) is 4.42. The number of rotatable bonds is 7. The van der Waals surface area contributed by atoms with Crippen LogP contribution in [0.15, 0.2) is 48.8 Å². The van der Waals surface area contributed by atoms with Crippen molar-refractivity contribution in [3.05, 3.63) is 54.4 Å². The van der Waals surface area contributed by atoms with Gasteiger partial charge in [-0.1, -0.05) is 30.3 Å². The predicted molar refractivity (Wildman–Crippen MR) is 89.8 cm³/mol. The van der Waals surface area contributed by atoms with Gasteiger partial charge in [-0.3, -0.25) is 14.4 Å². The van der Waals surface area contributed by atoms with Crippen LogP contribution in [0.3, 0.4) is 0 Å². The van der Waals surface area contributed by atoms with Crippen molar-refractivity contribution in [2.75, 3.05) is 19.6 Å². The van der Waals surface area contributed by atoms with Gasteiger partial charge < -0.3 is 5.32 Å². The van der Waals surface area contributed by atoms with Crippen LogP contribution < -0.4 is 5.32 Å². The number of nitrogens with one attached hydrogen (secondary N) is 1. The molecule has 0 bridgehead atoms. The van der Waals surface area contributed by atoms with E-state index < -0.39 is 0 Å². The largest absolute Gasteiger partial charge is 0.354 e. The van der Waals surface area contributed by atoms with Crippen LogP contribution in [0.5, 0.6) is 0 Å². The molecule has 1 aliphatic rings. The third-order valence-corrected chi connectivity index (χ3v) is 4.39. The van der Waals surface area contributed by atoms with Gasteiger partial charge in [-0.25, -0.2) is 0 Å². The molecule has 122 valence electrons. The Balaban J connectivity index is 1.54. The molecule has 2 aromatic rings. The summed E-state index contributed by atoms with van der Waals surface area (Å²) >= 11 is 0. The van der Waals surface area contributed by atoms with E-state index in [-0.39, 0.29) is 11.9 Å². The summed E-state index contributed by atoms with van der Waals surface area (Å²) in [7, 11) is 0. The molecule has 1 atom stereocenters. The highest BCUT2D eigenvalue weighted by atomic mass is 16.1. The Morgan fingerprint density at radius 3 is 2.65 bits per heavy atom. The number of benzene rings is 1. The normalized spacial score (nSPS) is 16.3. The van der Waals surface area contributed by atoms with Crippen molar-refractivity contribution < 1.29 is 4.79 Å². The SMILES string of the molecule is O=C(CCn1cccn1)NCC(c1ccccc1)N1CCCC1. The highest BCUT2D eigenvalue weighted by Crippen LogP contribution is 2.24. The molecule has 5 heteroatoms. The van der Waals surface area contributed by atoms with Crippen LogP contribution in [0, 0.1) is 0 Å². The van der Waals surface area contributed by atoms with Crippen molar-refractivity contribution in [2.45, 2.75) is 31.8 Å². The lowest BCUT2D eigenvalue weighted by atomic mass is 10.1. The van der Waals surface area contributed by atoms with Crippen LogP contribution >= 0.6 is 0 Å². The molecule has 0 aliphatic carbocycles. The number of amides is 1. The zero-order valence-electron chi connectivity index (χ0n) is 13.4. The summed E-state index contributed by atoms with van der Waals surface area (Å²) in [4.78, 5) is 14.6. The Morgan fingerprint density at radius 2 is 1.96 bits per heavy atom. The monoisotopic (exact) mass is 312 g/mol. The molecule has 0 saturated carbocycles. The molecule has 1 unspecified atom stereocenters. The molecule has 1 aromatic carbocycles. The average molecular weight is 312 g/mol. The Hall–Kier alpha value is -2.14. The van der Waals surface area contributed by atoms with E-state index >= 15 is 0 Å². The lowest BCUT2D eigenvalue weighted by Crippen LogP contribution is -2.37. The molecule has 3 rings (SSSR count). The van der Waals surface area contributed by atoms with Crippen LogP contribution in [0.2, 0.25) is 0 Å². The lowest BCUT2D eigenvalue weighted by Gasteiger charge is -2.28. The number of aryl methyl sites for hydroxylation is 1. The molecular formula is C18H24N4O. The van der Waals surface area contributed by atoms with Crippen LogP contribution in [0.4, 0.5) is 0 Å². The van der Waals surface area contributed by atoms with E-state index in [1.54, 1.807) is 10.9 Å². The molecule has 1 fully saturated rings. The zero-order chi connectivity index (χ0) is 15.9. The minimum atomic E-state index is 0.0839. The van der Waals surface area contributed by atoms with Crippen LogP contribution in [-0.4, -0.2) is 40.2 Å². The average Bonchev–Trinajstić information content (AvgIpc) is 3.28. The molecule has 1 saturated heterocycles. The lowest BCUT2D eigenvalue weighted by molar-refractivity contribution is -0.121. The second kappa shape index (κ2) is 7.92. The molecule has 2 heterocycles. The van der Waals surface area contributed by atoms with Gasteiger partial charge >= 0.3 is 0 Å². The summed E-state index contributed by atoms with van der Waals surface area (Å²) in [5, 5.41) is 7.22. The second-order valence-electron chi connectivity index (χ2n) is 5.99. The number of likely N-dealkylation sites (tertiary alicyclic amines) is 1. The molecule has 0 spiro atoms. The Bertz CT molecular complexity index is 591. The van der Waals surface area contributed by atoms with E-state index in [2.05, 4.69) is 39.6 Å². The maximum absolute atomic E-state index is 12.1. The number of aromatic nitrogens is 2. The highest BCUT2D eigenvalue weighted by Gasteiger charge is 2.23. The first kappa shape index (κ1) is 15.7. The van der Waals surface area contributed by atoms with Gasteiger partial charge in [-0.15, -0.1) is 0 Å². The first-order chi connectivity index (χ1) is 11.3. The van der Waals surface area contributed by atoms with E-state index in [0.717, 1.165) is 13.1 Å². The van der Waals surface area contributed by atoms with Crippen molar-refractivity contribution in [1.82, 2.24) is 20.0 Å². The van der Waals surface area contributed by atoms with Gasteiger partial charge in [0.1, 0.15) is 0 Å². The molecule has 1 N–H and O–H groups in total. The highest BCUT2D eigenvalue weighted by molar-refractivity contribution is 5.75. The van der Waals surface area contributed by atoms with Gasteiger partial charge in [0.15, 0.2) is 0 Å². The number of hydrogen-bond acceptors (Lipinski definition) is 3. The first-order valence-corrected chi connectivity index (χ1v) is 8.36. The van der Waals surface area contributed by atoms with Crippen molar-refractivity contribution in [3.63, 3.8) is 0 Å². The van der Waals surface area contributed by atoms with Gasteiger partial charge in [-0.05, 0) is 37.6 Å². The van der Waals surface area contributed by atoms with E-state index in [0.29, 0.717) is 19.5 Å². The molecule has 0 radical (unpaired) electrons. The minimum Gasteiger partial charge on any atom is -0.354 e. The van der Waals surface area contributed by atoms with Crippen LogP contribution in [-0.2, 0) is 11.3 Å². The minimum absolute atomic E-state index is 0.0839. The summed E-state index contributed by atoms with van der Waals surface area (Å²) in [6.07, 6.45) is 6.57.